The van der Waals surface area contributed by atoms with Crippen LogP contribution in [0, 0.1) is 5.82 Å². The van der Waals surface area contributed by atoms with Gasteiger partial charge in [-0.3, -0.25) is 5.32 Å². The molecule has 0 saturated carbocycles. The Morgan fingerprint density at radius 2 is 1.81 bits per heavy atom. The number of halogens is 1. The molecule has 2 amide bonds. The van der Waals surface area contributed by atoms with E-state index >= 15 is 0 Å². The van der Waals surface area contributed by atoms with Crippen LogP contribution in [0.1, 0.15) is 11.5 Å². The quantitative estimate of drug-likeness (QED) is 0.544. The summed E-state index contributed by atoms with van der Waals surface area (Å²) < 4.78 is 24.7. The van der Waals surface area contributed by atoms with E-state index in [1.807, 2.05) is 0 Å². The van der Waals surface area contributed by atoms with Gasteiger partial charge in [0.25, 0.3) is 0 Å². The second-order valence-corrected chi connectivity index (χ2v) is 6.61. The summed E-state index contributed by atoms with van der Waals surface area (Å²) >= 11 is 1.22. The third-order valence-corrected chi connectivity index (χ3v) is 4.64. The normalized spacial score (nSPS) is 11.0. The zero-order chi connectivity index (χ0) is 17.9. The lowest BCUT2D eigenvalue weighted by molar-refractivity contribution is 0.195. The average molecular weight is 371 g/mol. The number of furan rings is 2. The number of carbonyl (C=O) groups is 1. The number of aromatic nitrogens is 1. The third kappa shape index (κ3) is 3.60. The fourth-order valence-electron chi connectivity index (χ4n) is 2.50. The van der Waals surface area contributed by atoms with Gasteiger partial charge >= 0.3 is 6.03 Å². The monoisotopic (exact) mass is 371 g/mol. The first-order valence-electron chi connectivity index (χ1n) is 7.84. The van der Waals surface area contributed by atoms with Gasteiger partial charge in [0, 0.05) is 0 Å². The van der Waals surface area contributed by atoms with Gasteiger partial charge < -0.3 is 13.7 Å². The molecule has 1 N–H and O–H groups in total. The van der Waals surface area contributed by atoms with Crippen molar-refractivity contribution in [2.75, 3.05) is 5.32 Å². The van der Waals surface area contributed by atoms with Gasteiger partial charge in [0.2, 0.25) is 0 Å². The van der Waals surface area contributed by atoms with Gasteiger partial charge in [-0.1, -0.05) is 11.3 Å². The molecule has 0 fully saturated rings. The van der Waals surface area contributed by atoms with E-state index in [1.165, 1.54) is 23.5 Å². The molecule has 0 aliphatic heterocycles. The van der Waals surface area contributed by atoms with E-state index in [0.717, 1.165) is 0 Å². The predicted molar refractivity (Wildman–Crippen MR) is 95.3 cm³/mol. The molecule has 0 spiro atoms. The van der Waals surface area contributed by atoms with Crippen LogP contribution in [0.3, 0.4) is 0 Å². The number of rotatable bonds is 5. The van der Waals surface area contributed by atoms with Crippen molar-refractivity contribution in [1.82, 2.24) is 9.88 Å². The fraction of sp³-hybridized carbons (Fsp3) is 0.111. The molecule has 4 rings (SSSR count). The molecule has 0 aliphatic rings. The molecule has 0 saturated heterocycles. The molecule has 0 radical (unpaired) electrons. The minimum absolute atomic E-state index is 0.277. The van der Waals surface area contributed by atoms with E-state index in [2.05, 4.69) is 10.3 Å². The molecule has 132 valence electrons. The van der Waals surface area contributed by atoms with Gasteiger partial charge in [0.15, 0.2) is 5.13 Å². The van der Waals surface area contributed by atoms with Crippen molar-refractivity contribution >= 4 is 32.7 Å². The van der Waals surface area contributed by atoms with Crippen LogP contribution in [-0.2, 0) is 13.1 Å². The third-order valence-electron chi connectivity index (χ3n) is 3.71. The zero-order valence-corrected chi connectivity index (χ0v) is 14.3. The second-order valence-electron chi connectivity index (χ2n) is 5.58. The summed E-state index contributed by atoms with van der Waals surface area (Å²) in [6.45, 7) is 0.554. The van der Waals surface area contributed by atoms with Crippen molar-refractivity contribution in [3.05, 3.63) is 72.3 Å². The number of nitrogens with zero attached hydrogens (tertiary/aromatic N) is 2. The number of anilines is 1. The Bertz CT molecular complexity index is 976. The summed E-state index contributed by atoms with van der Waals surface area (Å²) in [5.41, 5.74) is 0.635. The molecule has 4 aromatic rings. The lowest BCUT2D eigenvalue weighted by atomic mass is 10.3. The largest absolute Gasteiger partial charge is 0.467 e. The van der Waals surface area contributed by atoms with Crippen molar-refractivity contribution in [3.63, 3.8) is 0 Å². The highest BCUT2D eigenvalue weighted by molar-refractivity contribution is 7.22. The van der Waals surface area contributed by atoms with E-state index < -0.39 is 0 Å². The summed E-state index contributed by atoms with van der Waals surface area (Å²) in [6, 6.07) is 11.1. The molecule has 3 heterocycles. The van der Waals surface area contributed by atoms with Crippen LogP contribution < -0.4 is 5.32 Å². The molecular weight excluding hydrogens is 357 g/mol. The molecule has 0 aliphatic carbocycles. The molecule has 0 atom stereocenters. The van der Waals surface area contributed by atoms with Crippen molar-refractivity contribution < 1.29 is 18.0 Å². The Kier molecular flexibility index (Phi) is 4.40. The molecule has 3 aromatic heterocycles. The number of benzene rings is 1. The summed E-state index contributed by atoms with van der Waals surface area (Å²) in [7, 11) is 0. The van der Waals surface area contributed by atoms with E-state index in [4.69, 9.17) is 8.83 Å². The number of amides is 2. The molecule has 6 nitrogen and oxygen atoms in total. The highest BCUT2D eigenvalue weighted by Gasteiger charge is 2.19. The molecule has 26 heavy (non-hydrogen) atoms. The Hall–Kier alpha value is -3.13. The lowest BCUT2D eigenvalue weighted by Crippen LogP contribution is -2.33. The maximum atomic E-state index is 13.3. The number of fused-ring (bicyclic) bond motifs is 1. The number of urea groups is 1. The average Bonchev–Trinajstić information content (AvgIpc) is 3.35. The molecule has 0 bridgehead atoms. The van der Waals surface area contributed by atoms with Gasteiger partial charge in [0.1, 0.15) is 17.3 Å². The molecule has 0 unspecified atom stereocenters. The Balaban J connectivity index is 1.54. The van der Waals surface area contributed by atoms with E-state index in [9.17, 15) is 9.18 Å². The van der Waals surface area contributed by atoms with Crippen LogP contribution in [0.5, 0.6) is 0 Å². The minimum Gasteiger partial charge on any atom is -0.467 e. The van der Waals surface area contributed by atoms with Crippen molar-refractivity contribution in [2.24, 2.45) is 0 Å². The molecule has 8 heteroatoms. The highest BCUT2D eigenvalue weighted by atomic mass is 32.1. The Morgan fingerprint density at radius 1 is 1.12 bits per heavy atom. The van der Waals surface area contributed by atoms with Crippen LogP contribution in [-0.4, -0.2) is 15.9 Å². The summed E-state index contributed by atoms with van der Waals surface area (Å²) in [5.74, 6) is 0.965. The van der Waals surface area contributed by atoms with Gasteiger partial charge in [-0.25, -0.2) is 14.2 Å². The standard InChI is InChI=1S/C18H14FN3O3S/c19-12-5-6-15-16(9-12)26-17(20-15)21-18(23)22(10-13-3-1-7-24-13)11-14-4-2-8-25-14/h1-9H,10-11H2,(H,20,21,23). The number of carbonyl (C=O) groups excluding carboxylic acids is 1. The van der Waals surface area contributed by atoms with Crippen molar-refractivity contribution in [1.29, 1.82) is 0 Å². The topological polar surface area (TPSA) is 71.5 Å². The maximum Gasteiger partial charge on any atom is 0.324 e. The van der Waals surface area contributed by atoms with Gasteiger partial charge in [-0.15, -0.1) is 0 Å². The number of hydrogen-bond acceptors (Lipinski definition) is 5. The first-order chi connectivity index (χ1) is 12.7. The molecular formula is C18H14FN3O3S. The Labute approximate surface area is 151 Å². The van der Waals surface area contributed by atoms with Crippen LogP contribution in [0.15, 0.2) is 63.8 Å². The fourth-order valence-corrected chi connectivity index (χ4v) is 3.38. The smallest absolute Gasteiger partial charge is 0.324 e. The SMILES string of the molecule is O=C(Nc1nc2ccc(F)cc2s1)N(Cc1ccco1)Cc1ccco1. The van der Waals surface area contributed by atoms with Crippen LogP contribution >= 0.6 is 11.3 Å². The van der Waals surface area contributed by atoms with Crippen LogP contribution in [0.25, 0.3) is 10.2 Å². The van der Waals surface area contributed by atoms with Gasteiger partial charge in [-0.2, -0.15) is 0 Å². The zero-order valence-electron chi connectivity index (χ0n) is 13.5. The van der Waals surface area contributed by atoms with Crippen LogP contribution in [0.2, 0.25) is 0 Å². The maximum absolute atomic E-state index is 13.3. The summed E-state index contributed by atoms with van der Waals surface area (Å²) in [4.78, 5) is 18.6. The Morgan fingerprint density at radius 3 is 2.42 bits per heavy atom. The van der Waals surface area contributed by atoms with Gasteiger partial charge in [0.05, 0.1) is 35.8 Å². The number of nitrogens with one attached hydrogen (secondary N) is 1. The van der Waals surface area contributed by atoms with Crippen molar-refractivity contribution in [2.45, 2.75) is 13.1 Å². The van der Waals surface area contributed by atoms with E-state index in [1.54, 1.807) is 47.8 Å². The lowest BCUT2D eigenvalue weighted by Gasteiger charge is -2.20. The second kappa shape index (κ2) is 7.01. The molecule has 1 aromatic carbocycles. The van der Waals surface area contributed by atoms with E-state index in [-0.39, 0.29) is 24.9 Å². The first-order valence-corrected chi connectivity index (χ1v) is 8.66. The predicted octanol–water partition coefficient (Wildman–Crippen LogP) is 4.86. The summed E-state index contributed by atoms with van der Waals surface area (Å²) in [6.07, 6.45) is 3.11. The summed E-state index contributed by atoms with van der Waals surface area (Å²) in [5, 5.41) is 3.17. The van der Waals surface area contributed by atoms with Crippen LogP contribution in [0.4, 0.5) is 14.3 Å². The minimum atomic E-state index is -0.350. The van der Waals surface area contributed by atoms with E-state index in [0.29, 0.717) is 26.9 Å². The number of thiazole rings is 1. The first kappa shape index (κ1) is 16.3. The van der Waals surface area contributed by atoms with Crippen molar-refractivity contribution in [3.8, 4) is 0 Å². The van der Waals surface area contributed by atoms with Gasteiger partial charge in [-0.05, 0) is 42.5 Å². The number of hydrogen-bond donors (Lipinski definition) is 1. The highest BCUT2D eigenvalue weighted by Crippen LogP contribution is 2.27.